The van der Waals surface area contributed by atoms with Gasteiger partial charge in [0.2, 0.25) is 0 Å². The van der Waals surface area contributed by atoms with Gasteiger partial charge in [0.05, 0.1) is 0 Å². The third kappa shape index (κ3) is 1.13. The smallest absolute Gasteiger partial charge is 0.186 e. The minimum absolute atomic E-state index is 0.0330. The fraction of sp³-hybridized carbons (Fsp3) is 0. The number of allylic oxidation sites excluding steroid dienone is 5. The Bertz CT molecular complexity index is 562. The zero-order chi connectivity index (χ0) is 10.4. The van der Waals surface area contributed by atoms with Crippen molar-refractivity contribution in [1.29, 1.82) is 0 Å². The SMILES string of the molecule is O=C1C=CC(Cl)=C2C1=Cc1ccccc12. The van der Waals surface area contributed by atoms with Gasteiger partial charge in [-0.1, -0.05) is 35.9 Å². The first-order valence-corrected chi connectivity index (χ1v) is 5.09. The molecule has 15 heavy (non-hydrogen) atoms. The summed E-state index contributed by atoms with van der Waals surface area (Å²) in [5.41, 5.74) is 3.70. The van der Waals surface area contributed by atoms with E-state index < -0.39 is 0 Å². The number of rotatable bonds is 0. The number of benzene rings is 1. The van der Waals surface area contributed by atoms with Gasteiger partial charge in [0, 0.05) is 16.2 Å². The number of carbonyl (C=O) groups is 1. The maximum atomic E-state index is 11.6. The van der Waals surface area contributed by atoms with Crippen LogP contribution in [-0.2, 0) is 4.79 Å². The van der Waals surface area contributed by atoms with E-state index in [1.165, 1.54) is 6.08 Å². The molecule has 0 radical (unpaired) electrons. The zero-order valence-electron chi connectivity index (χ0n) is 7.83. The molecule has 72 valence electrons. The Morgan fingerprint density at radius 1 is 1.07 bits per heavy atom. The predicted octanol–water partition coefficient (Wildman–Crippen LogP) is 3.17. The van der Waals surface area contributed by atoms with Crippen LogP contribution < -0.4 is 0 Å². The molecule has 2 heteroatoms. The number of fused-ring (bicyclic) bond motifs is 3. The molecule has 1 nitrogen and oxygen atoms in total. The number of carbonyl (C=O) groups excluding carboxylic acids is 1. The van der Waals surface area contributed by atoms with Gasteiger partial charge < -0.3 is 0 Å². The minimum Gasteiger partial charge on any atom is -0.289 e. The Hall–Kier alpha value is -1.60. The van der Waals surface area contributed by atoms with Crippen LogP contribution in [0.4, 0.5) is 0 Å². The Labute approximate surface area is 92.4 Å². The van der Waals surface area contributed by atoms with Crippen molar-refractivity contribution in [3.8, 4) is 0 Å². The Balaban J connectivity index is 2.34. The maximum Gasteiger partial charge on any atom is 0.186 e. The second-order valence-corrected chi connectivity index (χ2v) is 3.97. The molecule has 2 aliphatic carbocycles. The minimum atomic E-state index is 0.0330. The Morgan fingerprint density at radius 3 is 2.73 bits per heavy atom. The number of hydrogen-bond acceptors (Lipinski definition) is 1. The van der Waals surface area contributed by atoms with E-state index in [1.807, 2.05) is 30.3 Å². The highest BCUT2D eigenvalue weighted by molar-refractivity contribution is 6.40. The Kier molecular flexibility index (Phi) is 1.70. The van der Waals surface area contributed by atoms with Gasteiger partial charge in [0.15, 0.2) is 5.78 Å². The maximum absolute atomic E-state index is 11.6. The molecule has 0 amide bonds. The lowest BCUT2D eigenvalue weighted by Gasteiger charge is -2.10. The van der Waals surface area contributed by atoms with Crippen LogP contribution in [0.3, 0.4) is 0 Å². The van der Waals surface area contributed by atoms with Crippen LogP contribution in [0.2, 0.25) is 0 Å². The van der Waals surface area contributed by atoms with Gasteiger partial charge in [-0.25, -0.2) is 0 Å². The van der Waals surface area contributed by atoms with E-state index in [2.05, 4.69) is 0 Å². The monoisotopic (exact) mass is 214 g/mol. The lowest BCUT2D eigenvalue weighted by molar-refractivity contribution is -0.110. The van der Waals surface area contributed by atoms with Crippen LogP contribution in [0.5, 0.6) is 0 Å². The molecule has 3 rings (SSSR count). The fourth-order valence-corrected chi connectivity index (χ4v) is 2.26. The van der Waals surface area contributed by atoms with E-state index >= 15 is 0 Å². The second-order valence-electron chi connectivity index (χ2n) is 3.57. The molecule has 2 aliphatic rings. The number of ketones is 1. The molecule has 0 aromatic heterocycles. The molecule has 0 aliphatic heterocycles. The van der Waals surface area contributed by atoms with Crippen molar-refractivity contribution in [3.05, 3.63) is 58.1 Å². The van der Waals surface area contributed by atoms with Gasteiger partial charge in [-0.2, -0.15) is 0 Å². The summed E-state index contributed by atoms with van der Waals surface area (Å²) in [5.74, 6) is 0.0330. The quantitative estimate of drug-likeness (QED) is 0.648. The molecule has 0 heterocycles. The van der Waals surface area contributed by atoms with Crippen LogP contribution >= 0.6 is 11.6 Å². The fourth-order valence-electron chi connectivity index (χ4n) is 2.00. The topological polar surface area (TPSA) is 17.1 Å². The second kappa shape index (κ2) is 2.94. The summed E-state index contributed by atoms with van der Waals surface area (Å²) in [4.78, 5) is 11.6. The van der Waals surface area contributed by atoms with E-state index in [1.54, 1.807) is 6.08 Å². The highest BCUT2D eigenvalue weighted by Gasteiger charge is 2.26. The summed E-state index contributed by atoms with van der Waals surface area (Å²) >= 11 is 6.11. The van der Waals surface area contributed by atoms with Crippen molar-refractivity contribution in [2.24, 2.45) is 0 Å². The standard InChI is InChI=1S/C13H7ClO/c14-11-5-6-12(15)10-7-8-3-1-2-4-9(8)13(10)11/h1-7H. The largest absolute Gasteiger partial charge is 0.289 e. The highest BCUT2D eigenvalue weighted by atomic mass is 35.5. The molecule has 0 unspecified atom stereocenters. The predicted molar refractivity (Wildman–Crippen MR) is 61.3 cm³/mol. The van der Waals surface area contributed by atoms with Crippen molar-refractivity contribution in [2.75, 3.05) is 0 Å². The molecular formula is C13H7ClO. The average molecular weight is 215 g/mol. The normalized spacial score (nSPS) is 17.7. The molecule has 1 aromatic carbocycles. The summed E-state index contributed by atoms with van der Waals surface area (Å²) in [5, 5.41) is 0.644. The molecule has 0 fully saturated rings. The summed E-state index contributed by atoms with van der Waals surface area (Å²) < 4.78 is 0. The number of hydrogen-bond donors (Lipinski definition) is 0. The molecule has 0 saturated heterocycles. The first kappa shape index (κ1) is 8.69. The van der Waals surface area contributed by atoms with Gasteiger partial charge in [0.25, 0.3) is 0 Å². The van der Waals surface area contributed by atoms with Crippen LogP contribution in [0.1, 0.15) is 11.1 Å². The third-order valence-electron chi connectivity index (χ3n) is 2.68. The van der Waals surface area contributed by atoms with Gasteiger partial charge in [-0.05, 0) is 29.4 Å². The molecular weight excluding hydrogens is 208 g/mol. The molecule has 0 atom stereocenters. The van der Waals surface area contributed by atoms with Gasteiger partial charge in [-0.3, -0.25) is 4.79 Å². The van der Waals surface area contributed by atoms with Crippen molar-refractivity contribution in [1.82, 2.24) is 0 Å². The summed E-state index contributed by atoms with van der Waals surface area (Å²) in [6, 6.07) is 7.89. The van der Waals surface area contributed by atoms with Crippen molar-refractivity contribution in [2.45, 2.75) is 0 Å². The van der Waals surface area contributed by atoms with Crippen LogP contribution in [0.15, 0.2) is 47.0 Å². The van der Waals surface area contributed by atoms with Crippen molar-refractivity contribution >= 4 is 29.0 Å². The highest BCUT2D eigenvalue weighted by Crippen LogP contribution is 2.41. The van der Waals surface area contributed by atoms with E-state index in [4.69, 9.17) is 11.6 Å². The van der Waals surface area contributed by atoms with Crippen LogP contribution in [0.25, 0.3) is 11.6 Å². The third-order valence-corrected chi connectivity index (χ3v) is 3.00. The summed E-state index contributed by atoms with van der Waals surface area (Å²) in [7, 11) is 0. The molecule has 0 saturated carbocycles. The van der Waals surface area contributed by atoms with Crippen molar-refractivity contribution in [3.63, 3.8) is 0 Å². The lowest BCUT2D eigenvalue weighted by atomic mass is 9.96. The average Bonchev–Trinajstić information content (AvgIpc) is 2.64. The summed E-state index contributed by atoms with van der Waals surface area (Å²) in [6.07, 6.45) is 5.08. The van der Waals surface area contributed by atoms with Gasteiger partial charge in [-0.15, -0.1) is 0 Å². The van der Waals surface area contributed by atoms with Crippen molar-refractivity contribution < 1.29 is 4.79 Å². The molecule has 1 aromatic rings. The molecule has 0 spiro atoms. The summed E-state index contributed by atoms with van der Waals surface area (Å²) in [6.45, 7) is 0. The lowest BCUT2D eigenvalue weighted by Crippen LogP contribution is -2.02. The first-order chi connectivity index (χ1) is 7.27. The molecule has 0 bridgehead atoms. The van der Waals surface area contributed by atoms with E-state index in [-0.39, 0.29) is 5.78 Å². The van der Waals surface area contributed by atoms with E-state index in [0.29, 0.717) is 10.6 Å². The van der Waals surface area contributed by atoms with Crippen LogP contribution in [0, 0.1) is 0 Å². The van der Waals surface area contributed by atoms with Gasteiger partial charge in [0.1, 0.15) is 0 Å². The first-order valence-electron chi connectivity index (χ1n) is 4.71. The van der Waals surface area contributed by atoms with Gasteiger partial charge >= 0.3 is 0 Å². The Morgan fingerprint density at radius 2 is 1.87 bits per heavy atom. The van der Waals surface area contributed by atoms with E-state index in [9.17, 15) is 4.79 Å². The number of halogens is 1. The van der Waals surface area contributed by atoms with E-state index in [0.717, 1.165) is 16.7 Å². The zero-order valence-corrected chi connectivity index (χ0v) is 8.58. The van der Waals surface area contributed by atoms with Crippen LogP contribution in [-0.4, -0.2) is 5.78 Å². The molecule has 0 N–H and O–H groups in total.